The molecule has 0 bridgehead atoms. The molecule has 0 saturated heterocycles. The lowest BCUT2D eigenvalue weighted by atomic mass is 10.1. The molecule has 0 aliphatic rings. The number of benzene rings is 1. The maximum Gasteiger partial charge on any atom is 0.176 e. The van der Waals surface area contributed by atoms with E-state index in [2.05, 4.69) is 31.3 Å². The van der Waals surface area contributed by atoms with E-state index >= 15 is 0 Å². The molecule has 0 aliphatic carbocycles. The van der Waals surface area contributed by atoms with Crippen molar-refractivity contribution >= 4 is 11.0 Å². The molecular weight excluding hydrogens is 262 g/mol. The SMILES string of the molecule is CCCCC(CCC)NCc1cc2cccc(OC)c2o1. The summed E-state index contributed by atoms with van der Waals surface area (Å²) in [5.74, 6) is 1.78. The summed E-state index contributed by atoms with van der Waals surface area (Å²) in [4.78, 5) is 0. The lowest BCUT2D eigenvalue weighted by molar-refractivity contribution is 0.394. The lowest BCUT2D eigenvalue weighted by Crippen LogP contribution is -2.28. The first-order valence-electron chi connectivity index (χ1n) is 8.07. The fraction of sp³-hybridized carbons (Fsp3) is 0.556. The highest BCUT2D eigenvalue weighted by Crippen LogP contribution is 2.28. The Labute approximate surface area is 127 Å². The number of rotatable bonds is 9. The number of methoxy groups -OCH3 is 1. The van der Waals surface area contributed by atoms with Crippen molar-refractivity contribution in [1.82, 2.24) is 5.32 Å². The van der Waals surface area contributed by atoms with Crippen LogP contribution < -0.4 is 10.1 Å². The minimum absolute atomic E-state index is 0.588. The molecule has 1 aromatic heterocycles. The van der Waals surface area contributed by atoms with Crippen LogP contribution in [0.1, 0.15) is 51.7 Å². The molecule has 1 aromatic carbocycles. The van der Waals surface area contributed by atoms with Gasteiger partial charge in [0, 0.05) is 11.4 Å². The summed E-state index contributed by atoms with van der Waals surface area (Å²) < 4.78 is 11.3. The zero-order chi connectivity index (χ0) is 15.1. The fourth-order valence-electron chi connectivity index (χ4n) is 2.73. The number of fused-ring (bicyclic) bond motifs is 1. The predicted molar refractivity (Wildman–Crippen MR) is 87.8 cm³/mol. The first-order valence-corrected chi connectivity index (χ1v) is 8.07. The summed E-state index contributed by atoms with van der Waals surface area (Å²) in [5.41, 5.74) is 0.845. The van der Waals surface area contributed by atoms with Crippen LogP contribution in [0, 0.1) is 0 Å². The quantitative estimate of drug-likeness (QED) is 0.713. The molecule has 3 nitrogen and oxygen atoms in total. The number of ether oxygens (including phenoxy) is 1. The summed E-state index contributed by atoms with van der Waals surface area (Å²) in [6.45, 7) is 5.27. The summed E-state index contributed by atoms with van der Waals surface area (Å²) in [7, 11) is 1.68. The Morgan fingerprint density at radius 3 is 2.76 bits per heavy atom. The van der Waals surface area contributed by atoms with Gasteiger partial charge in [-0.15, -0.1) is 0 Å². The van der Waals surface area contributed by atoms with Crippen molar-refractivity contribution in [2.75, 3.05) is 7.11 Å². The molecule has 116 valence electrons. The van der Waals surface area contributed by atoms with E-state index in [4.69, 9.17) is 9.15 Å². The van der Waals surface area contributed by atoms with Crippen molar-refractivity contribution in [3.05, 3.63) is 30.0 Å². The Kier molecular flexibility index (Phi) is 6.12. The average Bonchev–Trinajstić information content (AvgIpc) is 2.92. The maximum atomic E-state index is 5.94. The highest BCUT2D eigenvalue weighted by molar-refractivity contribution is 5.83. The van der Waals surface area contributed by atoms with Crippen molar-refractivity contribution in [2.45, 2.75) is 58.5 Å². The van der Waals surface area contributed by atoms with Crippen molar-refractivity contribution in [1.29, 1.82) is 0 Å². The van der Waals surface area contributed by atoms with Gasteiger partial charge in [0.15, 0.2) is 11.3 Å². The molecule has 0 fully saturated rings. The molecule has 0 radical (unpaired) electrons. The van der Waals surface area contributed by atoms with Gasteiger partial charge in [-0.05, 0) is 25.0 Å². The summed E-state index contributed by atoms with van der Waals surface area (Å²) in [6, 6.07) is 8.68. The molecule has 1 unspecified atom stereocenters. The first-order chi connectivity index (χ1) is 10.3. The molecule has 3 heteroatoms. The Morgan fingerprint density at radius 1 is 1.19 bits per heavy atom. The molecule has 1 N–H and O–H groups in total. The Morgan fingerprint density at radius 2 is 2.05 bits per heavy atom. The largest absolute Gasteiger partial charge is 0.493 e. The van der Waals surface area contributed by atoms with E-state index in [9.17, 15) is 0 Å². The van der Waals surface area contributed by atoms with Crippen LogP contribution in [0.15, 0.2) is 28.7 Å². The van der Waals surface area contributed by atoms with E-state index in [0.29, 0.717) is 6.04 Å². The zero-order valence-corrected chi connectivity index (χ0v) is 13.4. The molecule has 21 heavy (non-hydrogen) atoms. The second-order valence-electron chi connectivity index (χ2n) is 5.60. The molecule has 2 aromatic rings. The van der Waals surface area contributed by atoms with Crippen LogP contribution in [0.5, 0.6) is 5.75 Å². The predicted octanol–water partition coefficient (Wildman–Crippen LogP) is 4.89. The Balaban J connectivity index is 2.01. The van der Waals surface area contributed by atoms with Gasteiger partial charge >= 0.3 is 0 Å². The molecule has 0 saturated carbocycles. The van der Waals surface area contributed by atoms with Crippen molar-refractivity contribution in [2.24, 2.45) is 0 Å². The van der Waals surface area contributed by atoms with Gasteiger partial charge in [0.05, 0.1) is 13.7 Å². The second-order valence-corrected chi connectivity index (χ2v) is 5.60. The molecule has 2 rings (SSSR count). The third kappa shape index (κ3) is 4.24. The number of hydrogen-bond donors (Lipinski definition) is 1. The van der Waals surface area contributed by atoms with Gasteiger partial charge in [0.1, 0.15) is 5.76 Å². The molecule has 0 amide bonds. The number of hydrogen-bond acceptors (Lipinski definition) is 3. The number of unbranched alkanes of at least 4 members (excludes halogenated alkanes) is 1. The van der Waals surface area contributed by atoms with E-state index in [0.717, 1.165) is 29.0 Å². The van der Waals surface area contributed by atoms with Gasteiger partial charge in [-0.25, -0.2) is 0 Å². The van der Waals surface area contributed by atoms with E-state index in [1.807, 2.05) is 12.1 Å². The minimum Gasteiger partial charge on any atom is -0.493 e. The van der Waals surface area contributed by atoms with Crippen LogP contribution in [0.2, 0.25) is 0 Å². The molecule has 1 atom stereocenters. The van der Waals surface area contributed by atoms with Gasteiger partial charge < -0.3 is 14.5 Å². The van der Waals surface area contributed by atoms with Crippen LogP contribution >= 0.6 is 0 Å². The van der Waals surface area contributed by atoms with E-state index in [1.165, 1.54) is 32.1 Å². The van der Waals surface area contributed by atoms with Crippen molar-refractivity contribution in [3.63, 3.8) is 0 Å². The highest BCUT2D eigenvalue weighted by atomic mass is 16.5. The topological polar surface area (TPSA) is 34.4 Å². The molecule has 0 spiro atoms. The summed E-state index contributed by atoms with van der Waals surface area (Å²) in [6.07, 6.45) is 6.22. The molecular formula is C18H27NO2. The Hall–Kier alpha value is -1.48. The van der Waals surface area contributed by atoms with Crippen molar-refractivity contribution in [3.8, 4) is 5.75 Å². The fourth-order valence-corrected chi connectivity index (χ4v) is 2.73. The highest BCUT2D eigenvalue weighted by Gasteiger charge is 2.11. The smallest absolute Gasteiger partial charge is 0.176 e. The lowest BCUT2D eigenvalue weighted by Gasteiger charge is -2.16. The van der Waals surface area contributed by atoms with Gasteiger partial charge in [0.25, 0.3) is 0 Å². The summed E-state index contributed by atoms with van der Waals surface area (Å²) >= 11 is 0. The van der Waals surface area contributed by atoms with Gasteiger partial charge in [-0.2, -0.15) is 0 Å². The zero-order valence-electron chi connectivity index (χ0n) is 13.4. The van der Waals surface area contributed by atoms with Crippen LogP contribution in [0.3, 0.4) is 0 Å². The van der Waals surface area contributed by atoms with Crippen LogP contribution in [-0.2, 0) is 6.54 Å². The van der Waals surface area contributed by atoms with Gasteiger partial charge in [-0.3, -0.25) is 0 Å². The maximum absolute atomic E-state index is 5.94. The number of nitrogens with one attached hydrogen (secondary N) is 1. The van der Waals surface area contributed by atoms with Gasteiger partial charge in [-0.1, -0.05) is 45.2 Å². The van der Waals surface area contributed by atoms with E-state index < -0.39 is 0 Å². The van der Waals surface area contributed by atoms with Gasteiger partial charge in [0.2, 0.25) is 0 Å². The molecule has 0 aliphatic heterocycles. The van der Waals surface area contributed by atoms with Crippen LogP contribution in [0.4, 0.5) is 0 Å². The number of furan rings is 1. The monoisotopic (exact) mass is 289 g/mol. The summed E-state index contributed by atoms with van der Waals surface area (Å²) in [5, 5.41) is 4.74. The third-order valence-electron chi connectivity index (χ3n) is 3.89. The second kappa shape index (κ2) is 8.08. The minimum atomic E-state index is 0.588. The standard InChI is InChI=1S/C18H27NO2/c1-4-6-10-15(8-5-2)19-13-16-12-14-9-7-11-17(20-3)18(14)21-16/h7,9,11-12,15,19H,4-6,8,10,13H2,1-3H3. The van der Waals surface area contributed by atoms with Crippen LogP contribution in [-0.4, -0.2) is 13.2 Å². The third-order valence-corrected chi connectivity index (χ3v) is 3.89. The van der Waals surface area contributed by atoms with Crippen molar-refractivity contribution < 1.29 is 9.15 Å². The van der Waals surface area contributed by atoms with E-state index in [1.54, 1.807) is 7.11 Å². The first kappa shape index (κ1) is 15.9. The average molecular weight is 289 g/mol. The van der Waals surface area contributed by atoms with Crippen LogP contribution in [0.25, 0.3) is 11.0 Å². The normalized spacial score (nSPS) is 12.7. The number of para-hydroxylation sites is 1. The van der Waals surface area contributed by atoms with E-state index in [-0.39, 0.29) is 0 Å². The Bertz CT molecular complexity index is 547. The molecule has 1 heterocycles.